The van der Waals surface area contributed by atoms with Gasteiger partial charge in [0, 0.05) is 50.1 Å². The Morgan fingerprint density at radius 3 is 2.90 bits per heavy atom. The van der Waals surface area contributed by atoms with E-state index in [1.165, 1.54) is 17.7 Å². The van der Waals surface area contributed by atoms with Crippen LogP contribution >= 0.6 is 35.7 Å². The van der Waals surface area contributed by atoms with Crippen molar-refractivity contribution in [1.82, 2.24) is 14.8 Å². The fourth-order valence-corrected chi connectivity index (χ4v) is 3.59. The lowest BCUT2D eigenvalue weighted by atomic mass is 10.3. The zero-order valence-corrected chi connectivity index (χ0v) is 16.4. The van der Waals surface area contributed by atoms with Crippen molar-refractivity contribution in [1.29, 1.82) is 0 Å². The van der Waals surface area contributed by atoms with Gasteiger partial charge in [-0.2, -0.15) is 11.8 Å². The molecule has 1 atom stereocenters. The van der Waals surface area contributed by atoms with Crippen molar-refractivity contribution >= 4 is 41.7 Å². The van der Waals surface area contributed by atoms with Crippen molar-refractivity contribution in [3.63, 3.8) is 0 Å². The highest BCUT2D eigenvalue weighted by atomic mass is 127. The molecule has 1 fully saturated rings. The van der Waals surface area contributed by atoms with E-state index in [4.69, 9.17) is 4.99 Å². The number of hydrogen-bond donors (Lipinski definition) is 1. The van der Waals surface area contributed by atoms with Gasteiger partial charge in [0.1, 0.15) is 0 Å². The second-order valence-electron chi connectivity index (χ2n) is 5.20. The van der Waals surface area contributed by atoms with E-state index in [0.29, 0.717) is 0 Å². The van der Waals surface area contributed by atoms with Crippen molar-refractivity contribution in [2.24, 2.45) is 12.0 Å². The minimum absolute atomic E-state index is 0. The molecule has 1 N–H and O–H groups in total. The van der Waals surface area contributed by atoms with E-state index in [2.05, 4.69) is 58.9 Å². The van der Waals surface area contributed by atoms with Crippen LogP contribution < -0.4 is 5.32 Å². The van der Waals surface area contributed by atoms with E-state index in [0.717, 1.165) is 37.4 Å². The SMILES string of the molecule is CCNC(=NCc1ccn(C)c1)N1CCSC(CC)C1.I. The minimum atomic E-state index is 0. The average Bonchev–Trinajstić information content (AvgIpc) is 2.89. The minimum Gasteiger partial charge on any atom is -0.357 e. The fourth-order valence-electron chi connectivity index (χ4n) is 2.41. The van der Waals surface area contributed by atoms with Crippen molar-refractivity contribution in [3.05, 3.63) is 24.0 Å². The number of thioether (sulfide) groups is 1. The summed E-state index contributed by atoms with van der Waals surface area (Å²) in [6.45, 7) is 8.30. The number of nitrogens with zero attached hydrogens (tertiary/aromatic N) is 3. The zero-order chi connectivity index (χ0) is 14.4. The molecule has 120 valence electrons. The van der Waals surface area contributed by atoms with E-state index < -0.39 is 0 Å². The van der Waals surface area contributed by atoms with Gasteiger partial charge in [0.2, 0.25) is 0 Å². The molecule has 1 aliphatic heterocycles. The molecule has 1 aromatic rings. The molecule has 0 radical (unpaired) electrons. The highest BCUT2D eigenvalue weighted by Gasteiger charge is 2.21. The smallest absolute Gasteiger partial charge is 0.194 e. The number of guanidine groups is 1. The van der Waals surface area contributed by atoms with Gasteiger partial charge in [-0.05, 0) is 25.0 Å². The molecule has 2 rings (SSSR count). The van der Waals surface area contributed by atoms with Crippen LogP contribution in [0.4, 0.5) is 0 Å². The largest absolute Gasteiger partial charge is 0.357 e. The van der Waals surface area contributed by atoms with Crippen LogP contribution in [0.5, 0.6) is 0 Å². The molecule has 6 heteroatoms. The molecule has 0 spiro atoms. The Bertz CT molecular complexity index is 447. The van der Waals surface area contributed by atoms with E-state index in [-0.39, 0.29) is 24.0 Å². The number of halogens is 1. The Morgan fingerprint density at radius 2 is 2.29 bits per heavy atom. The summed E-state index contributed by atoms with van der Waals surface area (Å²) in [7, 11) is 2.05. The third kappa shape index (κ3) is 5.73. The first-order valence-electron chi connectivity index (χ1n) is 7.48. The topological polar surface area (TPSA) is 32.6 Å². The lowest BCUT2D eigenvalue weighted by Crippen LogP contribution is -2.47. The Labute approximate surface area is 149 Å². The molecule has 0 bridgehead atoms. The summed E-state index contributed by atoms with van der Waals surface area (Å²) < 4.78 is 2.07. The molecule has 4 nitrogen and oxygen atoms in total. The second-order valence-corrected chi connectivity index (χ2v) is 6.61. The maximum atomic E-state index is 4.80. The van der Waals surface area contributed by atoms with Gasteiger partial charge >= 0.3 is 0 Å². The van der Waals surface area contributed by atoms with E-state index >= 15 is 0 Å². The number of aryl methyl sites for hydroxylation is 1. The van der Waals surface area contributed by atoms with Gasteiger partial charge in [-0.25, -0.2) is 4.99 Å². The maximum Gasteiger partial charge on any atom is 0.194 e. The first-order valence-corrected chi connectivity index (χ1v) is 8.53. The van der Waals surface area contributed by atoms with Crippen molar-refractivity contribution in [3.8, 4) is 0 Å². The van der Waals surface area contributed by atoms with Crippen LogP contribution in [0.15, 0.2) is 23.5 Å². The number of aliphatic imine (C=N–C) groups is 1. The van der Waals surface area contributed by atoms with E-state index in [1.54, 1.807) is 0 Å². The highest BCUT2D eigenvalue weighted by molar-refractivity contribution is 14.0. The van der Waals surface area contributed by atoms with Crippen molar-refractivity contribution in [2.45, 2.75) is 32.1 Å². The van der Waals surface area contributed by atoms with Crippen molar-refractivity contribution < 1.29 is 0 Å². The first kappa shape index (κ1) is 18.7. The van der Waals surface area contributed by atoms with Gasteiger partial charge < -0.3 is 14.8 Å². The molecule has 21 heavy (non-hydrogen) atoms. The van der Waals surface area contributed by atoms with Crippen LogP contribution in [0.1, 0.15) is 25.8 Å². The number of rotatable bonds is 4. The maximum absolute atomic E-state index is 4.80. The highest BCUT2D eigenvalue weighted by Crippen LogP contribution is 2.21. The summed E-state index contributed by atoms with van der Waals surface area (Å²) >= 11 is 2.09. The summed E-state index contributed by atoms with van der Waals surface area (Å²) in [5.41, 5.74) is 1.27. The van der Waals surface area contributed by atoms with Gasteiger partial charge in [0.15, 0.2) is 5.96 Å². The monoisotopic (exact) mass is 422 g/mol. The van der Waals surface area contributed by atoms with Crippen LogP contribution in [-0.4, -0.2) is 46.1 Å². The Morgan fingerprint density at radius 1 is 1.48 bits per heavy atom. The van der Waals surface area contributed by atoms with Gasteiger partial charge in [-0.3, -0.25) is 0 Å². The molecule has 0 amide bonds. The van der Waals surface area contributed by atoms with Gasteiger partial charge in [0.05, 0.1) is 6.54 Å². The van der Waals surface area contributed by atoms with E-state index in [9.17, 15) is 0 Å². The Kier molecular flexibility index (Phi) is 8.55. The molecular weight excluding hydrogens is 395 g/mol. The third-order valence-electron chi connectivity index (χ3n) is 3.53. The lowest BCUT2D eigenvalue weighted by Gasteiger charge is -2.34. The lowest BCUT2D eigenvalue weighted by molar-refractivity contribution is 0.408. The van der Waals surface area contributed by atoms with Gasteiger partial charge in [0.25, 0.3) is 0 Å². The number of nitrogens with one attached hydrogen (secondary N) is 1. The van der Waals surface area contributed by atoms with Crippen LogP contribution in [0.2, 0.25) is 0 Å². The fraction of sp³-hybridized carbons (Fsp3) is 0.667. The summed E-state index contributed by atoms with van der Waals surface area (Å²) in [4.78, 5) is 7.21. The molecule has 1 aliphatic rings. The molecule has 2 heterocycles. The van der Waals surface area contributed by atoms with Crippen LogP contribution in [0, 0.1) is 0 Å². The molecule has 1 aromatic heterocycles. The predicted octanol–water partition coefficient (Wildman–Crippen LogP) is 2.94. The van der Waals surface area contributed by atoms with E-state index in [1.807, 2.05) is 7.05 Å². The number of aromatic nitrogens is 1. The van der Waals surface area contributed by atoms with Crippen LogP contribution in [0.3, 0.4) is 0 Å². The molecule has 0 aliphatic carbocycles. The quantitative estimate of drug-likeness (QED) is 0.460. The van der Waals surface area contributed by atoms with Crippen LogP contribution in [-0.2, 0) is 13.6 Å². The summed E-state index contributed by atoms with van der Waals surface area (Å²) in [6.07, 6.45) is 5.44. The predicted molar refractivity (Wildman–Crippen MR) is 104 cm³/mol. The Balaban J connectivity index is 0.00000220. The first-order chi connectivity index (χ1) is 9.72. The Hall–Kier alpha value is -0.370. The molecule has 0 aromatic carbocycles. The number of hydrogen-bond acceptors (Lipinski definition) is 2. The summed E-state index contributed by atoms with van der Waals surface area (Å²) in [6, 6.07) is 2.13. The van der Waals surface area contributed by atoms with Gasteiger partial charge in [-0.1, -0.05) is 6.92 Å². The third-order valence-corrected chi connectivity index (χ3v) is 4.91. The molecule has 1 unspecified atom stereocenters. The average molecular weight is 422 g/mol. The van der Waals surface area contributed by atoms with Crippen molar-refractivity contribution in [2.75, 3.05) is 25.4 Å². The standard InChI is InChI=1S/C15H26N4S.HI/c1-4-14-12-19(8-9-20-14)15(16-5-2)17-10-13-6-7-18(3)11-13;/h6-7,11,14H,4-5,8-10,12H2,1-3H3,(H,16,17);1H. The van der Waals surface area contributed by atoms with Gasteiger partial charge in [-0.15, -0.1) is 24.0 Å². The summed E-state index contributed by atoms with van der Waals surface area (Å²) in [5.74, 6) is 2.27. The molecule has 1 saturated heterocycles. The second kappa shape index (κ2) is 9.61. The van der Waals surface area contributed by atoms with Crippen LogP contribution in [0.25, 0.3) is 0 Å². The zero-order valence-electron chi connectivity index (χ0n) is 13.2. The summed E-state index contributed by atoms with van der Waals surface area (Å²) in [5, 5.41) is 4.17. The molecular formula is C15H27IN4S. The normalized spacial score (nSPS) is 19.3. The molecule has 0 saturated carbocycles.